The summed E-state index contributed by atoms with van der Waals surface area (Å²) < 4.78 is 17.8. The minimum atomic E-state index is -1.00. The number of likely N-dealkylation sites (tertiary alicyclic amines) is 4. The van der Waals surface area contributed by atoms with Gasteiger partial charge in [0.1, 0.15) is 6.61 Å². The summed E-state index contributed by atoms with van der Waals surface area (Å²) in [7, 11) is 1.66. The number of carbonyl (C=O) groups is 6. The van der Waals surface area contributed by atoms with Crippen molar-refractivity contribution >= 4 is 52.6 Å². The first-order chi connectivity index (χ1) is 30.7. The number of urea groups is 1. The molecule has 0 saturated carbocycles. The number of esters is 1. The maximum atomic E-state index is 13.8. The molecule has 2 aromatic carbocycles. The molecule has 4 saturated heterocycles. The van der Waals surface area contributed by atoms with E-state index in [1.807, 2.05) is 42.2 Å². The van der Waals surface area contributed by atoms with E-state index in [-0.39, 0.29) is 44.3 Å². The van der Waals surface area contributed by atoms with E-state index in [1.54, 1.807) is 32.7 Å². The predicted molar refractivity (Wildman–Crippen MR) is 244 cm³/mol. The Hall–Kier alpha value is -5.87. The molecule has 65 heavy (non-hydrogen) atoms. The highest BCUT2D eigenvalue weighted by molar-refractivity contribution is 6.32. The smallest absolute Gasteiger partial charge is 0.419 e. The third kappa shape index (κ3) is 11.9. The summed E-state index contributed by atoms with van der Waals surface area (Å²) in [6, 6.07) is 11.4. The number of nitrogens with one attached hydrogen (secondary N) is 1. The molecule has 17 heteroatoms. The largest absolute Gasteiger partial charge is 0.457 e. The van der Waals surface area contributed by atoms with Crippen molar-refractivity contribution < 1.29 is 42.7 Å². The van der Waals surface area contributed by atoms with Gasteiger partial charge in [-0.15, -0.1) is 0 Å². The lowest BCUT2D eigenvalue weighted by Crippen LogP contribution is -2.51. The van der Waals surface area contributed by atoms with E-state index >= 15 is 0 Å². The average molecular weight is 902 g/mol. The van der Waals surface area contributed by atoms with Crippen LogP contribution in [0.5, 0.6) is 0 Å². The second-order valence-electron chi connectivity index (χ2n) is 18.1. The molecule has 354 valence electrons. The van der Waals surface area contributed by atoms with E-state index in [9.17, 15) is 33.6 Å². The zero-order valence-electron chi connectivity index (χ0n) is 37.7. The van der Waals surface area contributed by atoms with Gasteiger partial charge < -0.3 is 43.7 Å². The van der Waals surface area contributed by atoms with Crippen LogP contribution in [0.1, 0.15) is 89.3 Å². The van der Waals surface area contributed by atoms with Gasteiger partial charge in [-0.05, 0) is 98.9 Å². The van der Waals surface area contributed by atoms with Crippen LogP contribution in [0, 0.1) is 18.8 Å². The minimum Gasteiger partial charge on any atom is -0.457 e. The van der Waals surface area contributed by atoms with Gasteiger partial charge in [0.05, 0.1) is 12.1 Å². The number of aromatic nitrogens is 1. The summed E-state index contributed by atoms with van der Waals surface area (Å²) in [5, 5.41) is 3.03. The lowest BCUT2D eigenvalue weighted by molar-refractivity contribution is -0.161. The number of anilines is 1. The summed E-state index contributed by atoms with van der Waals surface area (Å²) in [5.41, 5.74) is 4.72. The highest BCUT2D eigenvalue weighted by atomic mass is 16.6. The van der Waals surface area contributed by atoms with E-state index in [1.165, 1.54) is 4.57 Å². The fraction of sp³-hybridized carbons (Fsp3) is 0.604. The normalized spacial score (nSPS) is 19.1. The zero-order chi connectivity index (χ0) is 45.5. The molecule has 1 aromatic heterocycles. The first-order valence-corrected chi connectivity index (χ1v) is 23.0. The van der Waals surface area contributed by atoms with Gasteiger partial charge in [-0.2, -0.15) is 0 Å². The molecule has 0 radical (unpaired) electrons. The maximum Gasteiger partial charge on any atom is 0.419 e. The quantitative estimate of drug-likeness (QED) is 0.229. The molecule has 1 atom stereocenters. The topological polar surface area (TPSA) is 184 Å². The van der Waals surface area contributed by atoms with Crippen LogP contribution < -0.4 is 11.1 Å². The highest BCUT2D eigenvalue weighted by Gasteiger charge is 2.36. The van der Waals surface area contributed by atoms with Gasteiger partial charge in [0.15, 0.2) is 11.7 Å². The predicted octanol–water partition coefficient (Wildman–Crippen LogP) is 5.35. The van der Waals surface area contributed by atoms with E-state index in [0.717, 1.165) is 60.9 Å². The van der Waals surface area contributed by atoms with Crippen LogP contribution >= 0.6 is 0 Å². The molecule has 0 aliphatic carbocycles. The van der Waals surface area contributed by atoms with Crippen LogP contribution in [0.4, 0.5) is 15.3 Å². The SMILES string of the molecule is C.CC1CCN(C(=O)C(=O)OCCN2CCCC2=O)CC1.Cc1cc(C[C@@H](OC(=O)N2CCC(N3CCc4ccccc4NC3=O)CC2)C(=O)N2CCC(C)CC2)cc2oc(=O)n(C)c12. The third-order valence-corrected chi connectivity index (χ3v) is 13.5. The number of oxazole rings is 1. The monoisotopic (exact) mass is 901 g/mol. The lowest BCUT2D eigenvalue weighted by atomic mass is 9.98. The Labute approximate surface area is 381 Å². The fourth-order valence-electron chi connectivity index (χ4n) is 9.41. The van der Waals surface area contributed by atoms with Gasteiger partial charge in [-0.1, -0.05) is 45.5 Å². The number of ether oxygens (including phenoxy) is 2. The molecule has 5 aliphatic rings. The number of aryl methyl sites for hydroxylation is 2. The zero-order valence-corrected chi connectivity index (χ0v) is 37.7. The molecule has 1 N–H and O–H groups in total. The molecule has 0 bridgehead atoms. The summed E-state index contributed by atoms with van der Waals surface area (Å²) in [5.74, 6) is -0.752. The van der Waals surface area contributed by atoms with Gasteiger partial charge in [0.2, 0.25) is 5.91 Å². The van der Waals surface area contributed by atoms with Crippen LogP contribution in [0.25, 0.3) is 11.1 Å². The van der Waals surface area contributed by atoms with Crippen molar-refractivity contribution in [2.45, 2.75) is 105 Å². The molecule has 6 amide bonds. The minimum absolute atomic E-state index is 0. The number of carbonyl (C=O) groups excluding carboxylic acids is 6. The Kier molecular flexibility index (Phi) is 16.4. The number of fused-ring (bicyclic) bond motifs is 2. The Bertz CT molecular complexity index is 2250. The highest BCUT2D eigenvalue weighted by Crippen LogP contribution is 2.27. The number of benzene rings is 2. The van der Waals surface area contributed by atoms with Crippen molar-refractivity contribution in [3.63, 3.8) is 0 Å². The first-order valence-electron chi connectivity index (χ1n) is 23.0. The first kappa shape index (κ1) is 48.6. The Morgan fingerprint density at radius 2 is 1.46 bits per heavy atom. The molecule has 0 spiro atoms. The molecule has 17 nitrogen and oxygen atoms in total. The number of piperidine rings is 3. The van der Waals surface area contributed by atoms with Crippen molar-refractivity contribution in [2.24, 2.45) is 18.9 Å². The second-order valence-corrected chi connectivity index (χ2v) is 18.1. The van der Waals surface area contributed by atoms with Crippen molar-refractivity contribution in [2.75, 3.05) is 70.8 Å². The molecule has 3 aromatic rings. The summed E-state index contributed by atoms with van der Waals surface area (Å²) in [4.78, 5) is 95.9. The van der Waals surface area contributed by atoms with Crippen LogP contribution in [0.3, 0.4) is 0 Å². The van der Waals surface area contributed by atoms with Crippen molar-refractivity contribution in [1.82, 2.24) is 29.1 Å². The number of nitrogens with zero attached hydrogens (tertiary/aromatic N) is 6. The molecule has 6 heterocycles. The van der Waals surface area contributed by atoms with Gasteiger partial charge in [-0.25, -0.2) is 19.2 Å². The fourth-order valence-corrected chi connectivity index (χ4v) is 9.41. The van der Waals surface area contributed by atoms with Crippen LogP contribution in [0.2, 0.25) is 0 Å². The molecule has 5 aliphatic heterocycles. The van der Waals surface area contributed by atoms with Gasteiger partial charge in [0, 0.05) is 84.0 Å². The molecular formula is C48H67N7O10. The van der Waals surface area contributed by atoms with Crippen molar-refractivity contribution in [3.8, 4) is 0 Å². The van der Waals surface area contributed by atoms with E-state index in [0.29, 0.717) is 101 Å². The average Bonchev–Trinajstić information content (AvgIpc) is 3.77. The van der Waals surface area contributed by atoms with Gasteiger partial charge in [-0.3, -0.25) is 19.0 Å². The van der Waals surface area contributed by atoms with Gasteiger partial charge >= 0.3 is 29.8 Å². The molecule has 8 rings (SSSR count). The van der Waals surface area contributed by atoms with Crippen LogP contribution in [-0.4, -0.2) is 143 Å². The van der Waals surface area contributed by atoms with Crippen molar-refractivity contribution in [3.05, 3.63) is 63.6 Å². The molecular weight excluding hydrogens is 835 g/mol. The number of para-hydroxylation sites is 1. The Morgan fingerprint density at radius 3 is 2.12 bits per heavy atom. The Morgan fingerprint density at radius 1 is 0.815 bits per heavy atom. The van der Waals surface area contributed by atoms with Crippen LogP contribution in [-0.2, 0) is 48.5 Å². The second kappa shape index (κ2) is 21.9. The number of hydrogen-bond donors (Lipinski definition) is 1. The maximum absolute atomic E-state index is 13.8. The molecule has 4 fully saturated rings. The summed E-state index contributed by atoms with van der Waals surface area (Å²) in [6.07, 6.45) is 5.79. The molecule has 0 unspecified atom stereocenters. The lowest BCUT2D eigenvalue weighted by Gasteiger charge is -2.38. The number of rotatable bonds is 8. The van der Waals surface area contributed by atoms with Gasteiger partial charge in [0.25, 0.3) is 5.91 Å². The number of hydrogen-bond acceptors (Lipinski definition) is 10. The third-order valence-electron chi connectivity index (χ3n) is 13.5. The standard InChI is InChI=1S/C33H41N5O6.C14H22N2O4.CH4/c1-21-8-13-36(14-9-21)30(39)28(20-23-18-22(2)29-27(19-23)43-32(41)35(29)3)44-33(42)37-15-11-25(12-16-37)38-17-10-24-6-4-5-7-26(24)34-31(38)40;1-11-4-7-16(8-5-11)13(18)14(19)20-10-9-15-6-2-3-12(15)17;/h4-7,18-19,21,25,28H,8-17,20H2,1-3H3,(H,34,40);11H,2-10H2,1H3;1H4/t28-;;/m1../s1. The van der Waals surface area contributed by atoms with Crippen molar-refractivity contribution in [1.29, 1.82) is 0 Å². The van der Waals surface area contributed by atoms with Crippen LogP contribution in [0.15, 0.2) is 45.6 Å². The summed E-state index contributed by atoms with van der Waals surface area (Å²) in [6.45, 7) is 11.4. The van der Waals surface area contributed by atoms with E-state index in [2.05, 4.69) is 19.2 Å². The number of amides is 6. The van der Waals surface area contributed by atoms with E-state index in [4.69, 9.17) is 13.9 Å². The summed E-state index contributed by atoms with van der Waals surface area (Å²) >= 11 is 0. The Balaban J connectivity index is 0.000000280. The van der Waals surface area contributed by atoms with E-state index < -0.39 is 29.8 Å².